The number of aromatic nitrogens is 1. The fourth-order valence-electron chi connectivity index (χ4n) is 5.13. The summed E-state index contributed by atoms with van der Waals surface area (Å²) in [5.41, 5.74) is 1.58. The van der Waals surface area contributed by atoms with E-state index in [1.807, 2.05) is 13.8 Å². The summed E-state index contributed by atoms with van der Waals surface area (Å²) >= 11 is 6.03. The van der Waals surface area contributed by atoms with Gasteiger partial charge in [-0.05, 0) is 60.2 Å². The average molecular weight is 492 g/mol. The van der Waals surface area contributed by atoms with Crippen LogP contribution in [0.4, 0.5) is 0 Å². The molecule has 35 heavy (non-hydrogen) atoms. The van der Waals surface area contributed by atoms with Gasteiger partial charge in [-0.25, -0.2) is 0 Å². The number of carbonyl (C=O) groups excluding carboxylic acids is 1. The van der Waals surface area contributed by atoms with Crippen LogP contribution in [0.5, 0.6) is 28.7 Å². The number of phenols is 5. The fourth-order valence-corrected chi connectivity index (χ4v) is 5.28. The fraction of sp³-hybridized carbons (Fsp3) is 0.185. The number of ketones is 1. The van der Waals surface area contributed by atoms with Gasteiger partial charge in [0, 0.05) is 22.7 Å². The van der Waals surface area contributed by atoms with Gasteiger partial charge in [0.2, 0.25) is 5.78 Å². The lowest BCUT2D eigenvalue weighted by atomic mass is 9.67. The second kappa shape index (κ2) is 7.26. The van der Waals surface area contributed by atoms with Crippen molar-refractivity contribution in [1.29, 1.82) is 0 Å². The highest BCUT2D eigenvalue weighted by molar-refractivity contribution is 6.35. The maximum atomic E-state index is 13.7. The summed E-state index contributed by atoms with van der Waals surface area (Å²) in [6, 6.07) is 7.56. The molecule has 0 atom stereocenters. The van der Waals surface area contributed by atoms with Crippen LogP contribution in [0, 0.1) is 13.8 Å². The molecule has 1 aromatic heterocycles. The third-order valence-electron chi connectivity index (χ3n) is 6.78. The van der Waals surface area contributed by atoms with Crippen molar-refractivity contribution in [3.8, 4) is 40.0 Å². The number of hydrogen-bond donors (Lipinski definition) is 5. The van der Waals surface area contributed by atoms with Crippen molar-refractivity contribution in [2.75, 3.05) is 0 Å². The monoisotopic (exact) mass is 491 g/mol. The van der Waals surface area contributed by atoms with Gasteiger partial charge in [0.15, 0.2) is 0 Å². The van der Waals surface area contributed by atoms with Gasteiger partial charge in [-0.2, -0.15) is 0 Å². The highest BCUT2D eigenvalue weighted by Gasteiger charge is 2.42. The van der Waals surface area contributed by atoms with Gasteiger partial charge in [0.25, 0.3) is 0 Å². The van der Waals surface area contributed by atoms with Gasteiger partial charge in [0.05, 0.1) is 22.2 Å². The molecule has 4 aromatic rings. The minimum absolute atomic E-state index is 0.0186. The van der Waals surface area contributed by atoms with Crippen molar-refractivity contribution < 1.29 is 30.3 Å². The van der Waals surface area contributed by atoms with Crippen LogP contribution in [-0.4, -0.2) is 36.3 Å². The largest absolute Gasteiger partial charge is 0.508 e. The minimum atomic E-state index is -0.891. The molecule has 3 aromatic carbocycles. The molecule has 0 unspecified atom stereocenters. The summed E-state index contributed by atoms with van der Waals surface area (Å²) in [6.45, 7) is 7.10. The molecule has 178 valence electrons. The molecule has 0 aliphatic heterocycles. The second-order valence-corrected chi connectivity index (χ2v) is 9.83. The smallest absolute Gasteiger partial charge is 0.201 e. The third kappa shape index (κ3) is 3.04. The van der Waals surface area contributed by atoms with Crippen LogP contribution >= 0.6 is 11.6 Å². The van der Waals surface area contributed by atoms with Crippen LogP contribution in [0.25, 0.3) is 22.0 Å². The van der Waals surface area contributed by atoms with E-state index in [0.29, 0.717) is 33.3 Å². The van der Waals surface area contributed by atoms with E-state index < -0.39 is 16.9 Å². The zero-order valence-electron chi connectivity index (χ0n) is 19.4. The molecule has 0 spiro atoms. The first-order chi connectivity index (χ1) is 16.3. The number of rotatable bonds is 1. The van der Waals surface area contributed by atoms with Crippen LogP contribution in [0.2, 0.25) is 5.02 Å². The van der Waals surface area contributed by atoms with E-state index >= 15 is 0 Å². The SMILES string of the molecule is Cc1cc2cc3c(c(O)c2c(-c2c(C)cc(O)cc2O)n1)C(=O)c1c(cc(O)c(Cl)c1O)C3(C)C. The number of aryl methyl sites for hydroxylation is 2. The number of halogens is 1. The zero-order valence-corrected chi connectivity index (χ0v) is 20.1. The molecule has 1 aliphatic rings. The zero-order chi connectivity index (χ0) is 25.6. The first-order valence-electron chi connectivity index (χ1n) is 10.8. The van der Waals surface area contributed by atoms with Gasteiger partial charge in [0.1, 0.15) is 33.8 Å². The molecule has 0 radical (unpaired) electrons. The number of phenolic OH excluding ortho intramolecular Hbond substituents is 5. The molecule has 7 nitrogen and oxygen atoms in total. The standard InChI is InChI=1S/C27H22ClNO6/c1-10-5-13(30)8-16(31)18(10)23-19-12(6-11(2)29-23)7-14-20(24(19)33)25(34)21-15(27(14,3)4)9-17(32)22(28)26(21)35/h5-9,30-33,35H,1-4H3. The molecule has 0 saturated carbocycles. The quantitative estimate of drug-likeness (QED) is 0.235. The molecular formula is C27H22ClNO6. The van der Waals surface area contributed by atoms with Gasteiger partial charge < -0.3 is 25.5 Å². The summed E-state index contributed by atoms with van der Waals surface area (Å²) < 4.78 is 0. The predicted molar refractivity (Wildman–Crippen MR) is 132 cm³/mol. The van der Waals surface area contributed by atoms with Crippen LogP contribution in [-0.2, 0) is 5.41 Å². The maximum absolute atomic E-state index is 13.7. The van der Waals surface area contributed by atoms with Crippen molar-refractivity contribution in [3.63, 3.8) is 0 Å². The Kier molecular flexibility index (Phi) is 4.73. The predicted octanol–water partition coefficient (Wildman–Crippen LogP) is 5.57. The average Bonchev–Trinajstić information content (AvgIpc) is 2.74. The number of hydrogen-bond acceptors (Lipinski definition) is 7. The van der Waals surface area contributed by atoms with E-state index in [4.69, 9.17) is 11.6 Å². The molecule has 8 heteroatoms. The Morgan fingerprint density at radius 3 is 2.09 bits per heavy atom. The molecule has 5 N–H and O–H groups in total. The second-order valence-electron chi connectivity index (χ2n) is 9.45. The highest BCUT2D eigenvalue weighted by Crippen LogP contribution is 2.53. The van der Waals surface area contributed by atoms with Crippen molar-refractivity contribution in [1.82, 2.24) is 4.98 Å². The van der Waals surface area contributed by atoms with Crippen molar-refractivity contribution in [2.24, 2.45) is 0 Å². The number of nitrogens with zero attached hydrogens (tertiary/aromatic N) is 1. The number of carbonyl (C=O) groups is 1. The summed E-state index contributed by atoms with van der Waals surface area (Å²) in [4.78, 5) is 18.2. The molecule has 5 rings (SSSR count). The first kappa shape index (κ1) is 22.8. The van der Waals surface area contributed by atoms with E-state index in [1.54, 1.807) is 26.0 Å². The van der Waals surface area contributed by atoms with Gasteiger partial charge >= 0.3 is 0 Å². The van der Waals surface area contributed by atoms with Crippen molar-refractivity contribution in [2.45, 2.75) is 33.1 Å². The van der Waals surface area contributed by atoms with E-state index in [1.165, 1.54) is 18.2 Å². The Morgan fingerprint density at radius 2 is 1.43 bits per heavy atom. The number of pyridine rings is 1. The Labute approximate surface area is 205 Å². The lowest BCUT2D eigenvalue weighted by Crippen LogP contribution is -2.30. The Bertz CT molecular complexity index is 1600. The Hall–Kier alpha value is -3.97. The Balaban J connectivity index is 1.93. The molecule has 1 heterocycles. The van der Waals surface area contributed by atoms with Crippen molar-refractivity contribution in [3.05, 3.63) is 68.9 Å². The van der Waals surface area contributed by atoms with Crippen LogP contribution in [0.3, 0.4) is 0 Å². The number of aromatic hydroxyl groups is 5. The summed E-state index contributed by atoms with van der Waals surface area (Å²) in [5.74, 6) is -2.25. The van der Waals surface area contributed by atoms with E-state index in [2.05, 4.69) is 4.98 Å². The van der Waals surface area contributed by atoms with Crippen molar-refractivity contribution >= 4 is 28.2 Å². The highest BCUT2D eigenvalue weighted by atomic mass is 35.5. The van der Waals surface area contributed by atoms with E-state index in [-0.39, 0.29) is 50.2 Å². The lowest BCUT2D eigenvalue weighted by Gasteiger charge is -2.35. The van der Waals surface area contributed by atoms with Crippen LogP contribution in [0.1, 0.15) is 52.2 Å². The molecule has 0 bridgehead atoms. The van der Waals surface area contributed by atoms with Crippen LogP contribution < -0.4 is 0 Å². The first-order valence-corrected chi connectivity index (χ1v) is 11.2. The van der Waals surface area contributed by atoms with Gasteiger partial charge in [-0.1, -0.05) is 25.4 Å². The van der Waals surface area contributed by atoms with Gasteiger partial charge in [-0.15, -0.1) is 0 Å². The molecule has 1 aliphatic carbocycles. The Morgan fingerprint density at radius 1 is 0.800 bits per heavy atom. The number of fused-ring (bicyclic) bond motifs is 3. The summed E-state index contributed by atoms with van der Waals surface area (Å²) in [5, 5.41) is 53.4. The minimum Gasteiger partial charge on any atom is -0.508 e. The molecule has 0 fully saturated rings. The number of benzene rings is 3. The maximum Gasteiger partial charge on any atom is 0.201 e. The summed E-state index contributed by atoms with van der Waals surface area (Å²) in [7, 11) is 0. The normalized spacial score (nSPS) is 14.1. The topological polar surface area (TPSA) is 131 Å². The van der Waals surface area contributed by atoms with Gasteiger partial charge in [-0.3, -0.25) is 9.78 Å². The van der Waals surface area contributed by atoms with Crippen LogP contribution in [0.15, 0.2) is 30.3 Å². The van der Waals surface area contributed by atoms with E-state index in [0.717, 1.165) is 0 Å². The molecule has 0 saturated heterocycles. The molecular weight excluding hydrogens is 470 g/mol. The lowest BCUT2D eigenvalue weighted by molar-refractivity contribution is 0.102. The van der Waals surface area contributed by atoms with E-state index in [9.17, 15) is 30.3 Å². The summed E-state index contributed by atoms with van der Waals surface area (Å²) in [6.07, 6.45) is 0. The molecule has 0 amide bonds. The third-order valence-corrected chi connectivity index (χ3v) is 7.15.